The normalized spacial score (nSPS) is 10.3. The van der Waals surface area contributed by atoms with Crippen molar-refractivity contribution in [2.75, 3.05) is 11.9 Å². The summed E-state index contributed by atoms with van der Waals surface area (Å²) < 4.78 is 10.7. The first-order chi connectivity index (χ1) is 8.81. The molecule has 0 spiro atoms. The first kappa shape index (κ1) is 12.7. The molecule has 0 bridgehead atoms. The van der Waals surface area contributed by atoms with Gasteiger partial charge in [-0.05, 0) is 30.7 Å². The molecule has 18 heavy (non-hydrogen) atoms. The number of benzene rings is 1. The summed E-state index contributed by atoms with van der Waals surface area (Å²) in [5.74, 6) is 1.44. The maximum atomic E-state index is 5.57. The van der Waals surface area contributed by atoms with Crippen molar-refractivity contribution in [3.8, 4) is 5.75 Å². The highest BCUT2D eigenvalue weighted by atomic mass is 35.5. The van der Waals surface area contributed by atoms with Crippen molar-refractivity contribution in [2.45, 2.75) is 19.2 Å². The molecule has 1 heterocycles. The molecule has 1 aromatic carbocycles. The molecule has 6 heteroatoms. The van der Waals surface area contributed by atoms with Gasteiger partial charge in [0.1, 0.15) is 11.6 Å². The molecule has 0 radical (unpaired) electrons. The van der Waals surface area contributed by atoms with Crippen molar-refractivity contribution in [1.82, 2.24) is 10.2 Å². The van der Waals surface area contributed by atoms with Gasteiger partial charge in [-0.2, -0.15) is 0 Å². The fourth-order valence-electron chi connectivity index (χ4n) is 1.34. The SMILES string of the molecule is CCCOc1ccc(Nc2nnc(CCl)o2)cc1. The Hall–Kier alpha value is -1.75. The maximum absolute atomic E-state index is 5.57. The number of nitrogens with zero attached hydrogens (tertiary/aromatic N) is 2. The van der Waals surface area contributed by atoms with E-state index in [0.717, 1.165) is 24.5 Å². The van der Waals surface area contributed by atoms with E-state index < -0.39 is 0 Å². The zero-order valence-corrected chi connectivity index (χ0v) is 10.8. The summed E-state index contributed by atoms with van der Waals surface area (Å²) in [4.78, 5) is 0. The van der Waals surface area contributed by atoms with Gasteiger partial charge in [0.15, 0.2) is 0 Å². The fourth-order valence-corrected chi connectivity index (χ4v) is 1.44. The van der Waals surface area contributed by atoms with E-state index in [2.05, 4.69) is 22.4 Å². The maximum Gasteiger partial charge on any atom is 0.320 e. The van der Waals surface area contributed by atoms with E-state index in [9.17, 15) is 0 Å². The molecule has 0 aliphatic carbocycles. The molecule has 0 fully saturated rings. The second-order valence-corrected chi connectivity index (χ2v) is 3.90. The van der Waals surface area contributed by atoms with Gasteiger partial charge in [0.2, 0.25) is 5.89 Å². The van der Waals surface area contributed by atoms with Crippen molar-refractivity contribution >= 4 is 23.3 Å². The van der Waals surface area contributed by atoms with Crippen LogP contribution in [0, 0.1) is 0 Å². The van der Waals surface area contributed by atoms with Crippen molar-refractivity contribution in [2.24, 2.45) is 0 Å². The van der Waals surface area contributed by atoms with Gasteiger partial charge in [-0.3, -0.25) is 0 Å². The number of halogens is 1. The Kier molecular flexibility index (Phi) is 4.41. The number of alkyl halides is 1. The Labute approximate surface area is 110 Å². The summed E-state index contributed by atoms with van der Waals surface area (Å²) in [5.41, 5.74) is 0.851. The van der Waals surface area contributed by atoms with Crippen LogP contribution < -0.4 is 10.1 Å². The lowest BCUT2D eigenvalue weighted by Crippen LogP contribution is -1.95. The van der Waals surface area contributed by atoms with Crippen molar-refractivity contribution < 1.29 is 9.15 Å². The standard InChI is InChI=1S/C12H14ClN3O2/c1-2-7-17-10-5-3-9(4-6-10)14-12-16-15-11(8-13)18-12/h3-6H,2,7-8H2,1H3,(H,14,16). The molecule has 2 rings (SSSR count). The van der Waals surface area contributed by atoms with Crippen LogP contribution in [0.2, 0.25) is 0 Å². The number of anilines is 2. The third kappa shape index (κ3) is 3.37. The van der Waals surface area contributed by atoms with E-state index in [1.54, 1.807) is 0 Å². The number of hydrogen-bond donors (Lipinski definition) is 1. The number of ether oxygens (including phenoxy) is 1. The summed E-state index contributed by atoms with van der Waals surface area (Å²) in [5, 5.41) is 10.6. The molecule has 1 N–H and O–H groups in total. The van der Waals surface area contributed by atoms with Gasteiger partial charge in [-0.15, -0.1) is 16.7 Å². The second-order valence-electron chi connectivity index (χ2n) is 3.63. The highest BCUT2D eigenvalue weighted by Crippen LogP contribution is 2.19. The molecule has 0 amide bonds. The van der Waals surface area contributed by atoms with Gasteiger partial charge in [-0.1, -0.05) is 12.0 Å². The quantitative estimate of drug-likeness (QED) is 0.814. The zero-order chi connectivity index (χ0) is 12.8. The van der Waals surface area contributed by atoms with Crippen LogP contribution in [0.1, 0.15) is 19.2 Å². The van der Waals surface area contributed by atoms with Gasteiger partial charge in [0, 0.05) is 5.69 Å². The minimum Gasteiger partial charge on any atom is -0.494 e. The number of nitrogens with one attached hydrogen (secondary N) is 1. The summed E-state index contributed by atoms with van der Waals surface area (Å²) >= 11 is 5.57. The largest absolute Gasteiger partial charge is 0.494 e. The van der Waals surface area contributed by atoms with Gasteiger partial charge in [-0.25, -0.2) is 0 Å². The monoisotopic (exact) mass is 267 g/mol. The third-order valence-corrected chi connectivity index (χ3v) is 2.39. The van der Waals surface area contributed by atoms with Crippen LogP contribution in [0.25, 0.3) is 0 Å². The van der Waals surface area contributed by atoms with Crippen LogP contribution in [0.15, 0.2) is 28.7 Å². The summed E-state index contributed by atoms with van der Waals surface area (Å²) in [6.07, 6.45) is 0.989. The predicted molar refractivity (Wildman–Crippen MR) is 69.4 cm³/mol. The highest BCUT2D eigenvalue weighted by molar-refractivity contribution is 6.16. The van der Waals surface area contributed by atoms with Crippen molar-refractivity contribution in [1.29, 1.82) is 0 Å². The average Bonchev–Trinajstić information content (AvgIpc) is 2.86. The molecular formula is C12H14ClN3O2. The van der Waals surface area contributed by atoms with Crippen molar-refractivity contribution in [3.63, 3.8) is 0 Å². The third-order valence-electron chi connectivity index (χ3n) is 2.16. The fraction of sp³-hybridized carbons (Fsp3) is 0.333. The average molecular weight is 268 g/mol. The van der Waals surface area contributed by atoms with Crippen LogP contribution >= 0.6 is 11.6 Å². The first-order valence-corrected chi connectivity index (χ1v) is 6.23. The lowest BCUT2D eigenvalue weighted by Gasteiger charge is -2.05. The number of hydrogen-bond acceptors (Lipinski definition) is 5. The molecule has 96 valence electrons. The summed E-state index contributed by atoms with van der Waals surface area (Å²) in [6, 6.07) is 7.87. The van der Waals surface area contributed by atoms with Crippen LogP contribution in [0.4, 0.5) is 11.7 Å². The Morgan fingerprint density at radius 3 is 2.67 bits per heavy atom. The van der Waals surface area contributed by atoms with Gasteiger partial charge in [0.25, 0.3) is 0 Å². The van der Waals surface area contributed by atoms with E-state index >= 15 is 0 Å². The van der Waals surface area contributed by atoms with E-state index in [-0.39, 0.29) is 5.88 Å². The molecule has 0 unspecified atom stereocenters. The second kappa shape index (κ2) is 6.26. The van der Waals surface area contributed by atoms with Gasteiger partial charge < -0.3 is 14.5 Å². The first-order valence-electron chi connectivity index (χ1n) is 5.70. The van der Waals surface area contributed by atoms with E-state index in [4.69, 9.17) is 20.8 Å². The summed E-state index contributed by atoms with van der Waals surface area (Å²) in [6.45, 7) is 2.79. The van der Waals surface area contributed by atoms with Crippen LogP contribution in [0.5, 0.6) is 5.75 Å². The van der Waals surface area contributed by atoms with Gasteiger partial charge in [0.05, 0.1) is 6.61 Å². The molecular weight excluding hydrogens is 254 g/mol. The minimum atomic E-state index is 0.207. The molecule has 0 saturated heterocycles. The molecule has 5 nitrogen and oxygen atoms in total. The Balaban J connectivity index is 1.97. The minimum absolute atomic E-state index is 0.207. The smallest absolute Gasteiger partial charge is 0.320 e. The van der Waals surface area contributed by atoms with Crippen molar-refractivity contribution in [3.05, 3.63) is 30.2 Å². The topological polar surface area (TPSA) is 60.2 Å². The Bertz CT molecular complexity index is 484. The van der Waals surface area contributed by atoms with Crippen LogP contribution in [0.3, 0.4) is 0 Å². The molecule has 0 aliphatic heterocycles. The molecule has 0 saturated carbocycles. The molecule has 1 aromatic heterocycles. The molecule has 0 atom stereocenters. The summed E-state index contributed by atoms with van der Waals surface area (Å²) in [7, 11) is 0. The predicted octanol–water partition coefficient (Wildman–Crippen LogP) is 3.34. The van der Waals surface area contributed by atoms with Gasteiger partial charge >= 0.3 is 6.01 Å². The molecule has 2 aromatic rings. The number of aromatic nitrogens is 2. The lowest BCUT2D eigenvalue weighted by molar-refractivity contribution is 0.317. The highest BCUT2D eigenvalue weighted by Gasteiger charge is 2.04. The van der Waals surface area contributed by atoms with Crippen LogP contribution in [-0.2, 0) is 5.88 Å². The molecule has 0 aliphatic rings. The Morgan fingerprint density at radius 1 is 1.28 bits per heavy atom. The lowest BCUT2D eigenvalue weighted by atomic mass is 10.3. The van der Waals surface area contributed by atoms with Crippen LogP contribution in [-0.4, -0.2) is 16.8 Å². The Morgan fingerprint density at radius 2 is 2.06 bits per heavy atom. The zero-order valence-electron chi connectivity index (χ0n) is 10.0. The number of rotatable bonds is 6. The van der Waals surface area contributed by atoms with E-state index in [1.807, 2.05) is 24.3 Å². The van der Waals surface area contributed by atoms with E-state index in [0.29, 0.717) is 11.9 Å². The van der Waals surface area contributed by atoms with E-state index in [1.165, 1.54) is 0 Å².